The van der Waals surface area contributed by atoms with Crippen LogP contribution in [0.15, 0.2) is 55.6 Å². The lowest BCUT2D eigenvalue weighted by atomic mass is 9.70. The number of fused-ring (bicyclic) bond motifs is 1. The summed E-state index contributed by atoms with van der Waals surface area (Å²) in [5.41, 5.74) is -0.605. The van der Waals surface area contributed by atoms with E-state index in [1.54, 1.807) is 17.1 Å². The molecule has 1 aromatic rings. The fourth-order valence-electron chi connectivity index (χ4n) is 7.83. The Balaban J connectivity index is 1.73. The van der Waals surface area contributed by atoms with Crippen LogP contribution in [0.1, 0.15) is 77.9 Å². The van der Waals surface area contributed by atoms with Crippen LogP contribution >= 0.6 is 15.9 Å². The summed E-state index contributed by atoms with van der Waals surface area (Å²) in [6, 6.07) is 7.33. The Morgan fingerprint density at radius 1 is 1.21 bits per heavy atom. The zero-order chi connectivity index (χ0) is 35.2. The highest BCUT2D eigenvalue weighted by Gasteiger charge is 2.77. The maximum Gasteiger partial charge on any atom is 0.313 e. The molecule has 11 heteroatoms. The van der Waals surface area contributed by atoms with E-state index >= 15 is 0 Å². The van der Waals surface area contributed by atoms with Gasteiger partial charge in [0.05, 0.1) is 37.1 Å². The summed E-state index contributed by atoms with van der Waals surface area (Å²) >= 11 is 3.73. The molecule has 2 N–H and O–H groups in total. The fraction of sp³-hybridized carbons (Fsp3) is 0.622. The second-order valence-electron chi connectivity index (χ2n) is 13.8. The molecule has 2 unspecified atom stereocenters. The van der Waals surface area contributed by atoms with Crippen LogP contribution in [0.5, 0.6) is 0 Å². The number of nitrogens with one attached hydrogen (secondary N) is 1. The van der Waals surface area contributed by atoms with Gasteiger partial charge in [-0.25, -0.2) is 0 Å². The number of ether oxygens (including phenoxy) is 2. The molecule has 3 aliphatic heterocycles. The number of carbonyl (C=O) groups is 4. The molecular weight excluding hydrogens is 678 g/mol. The Hall–Kier alpha value is -3.02. The molecule has 4 rings (SSSR count). The zero-order valence-electron chi connectivity index (χ0n) is 28.7. The third-order valence-electron chi connectivity index (χ3n) is 9.92. The molecule has 9 atom stereocenters. The SMILES string of the molecule is C=CCCC(=O)NC[C@@H](OC(=O)[C@H]1[C@@H]2O[C@@]3(CC2Br)[C@@H]1C(=O)N([C@@H](CO)CC(C)C)[C@@H]3C(=O)N(CC=C)C(C)CCC)c1ccccc1. The monoisotopic (exact) mass is 729 g/mol. The van der Waals surface area contributed by atoms with Crippen LogP contribution in [0.25, 0.3) is 0 Å². The second kappa shape index (κ2) is 16.6. The lowest BCUT2D eigenvalue weighted by Crippen LogP contribution is -2.60. The summed E-state index contributed by atoms with van der Waals surface area (Å²) in [7, 11) is 0. The van der Waals surface area contributed by atoms with Crippen molar-refractivity contribution >= 4 is 39.6 Å². The number of nitrogens with zero attached hydrogens (tertiary/aromatic N) is 2. The van der Waals surface area contributed by atoms with Crippen molar-refractivity contribution in [3.63, 3.8) is 0 Å². The van der Waals surface area contributed by atoms with E-state index in [2.05, 4.69) is 41.3 Å². The van der Waals surface area contributed by atoms with Crippen molar-refractivity contribution < 1.29 is 33.8 Å². The van der Waals surface area contributed by atoms with Crippen LogP contribution in [0.4, 0.5) is 0 Å². The number of aliphatic hydroxyl groups excluding tert-OH is 1. The highest BCUT2D eigenvalue weighted by atomic mass is 79.9. The third kappa shape index (κ3) is 7.58. The van der Waals surface area contributed by atoms with E-state index in [1.165, 1.54) is 4.90 Å². The molecular formula is C37H52BrN3O7. The topological polar surface area (TPSA) is 125 Å². The molecule has 0 aliphatic carbocycles. The van der Waals surface area contributed by atoms with Crippen LogP contribution in [0.2, 0.25) is 0 Å². The average Bonchev–Trinajstić information content (AvgIpc) is 3.66. The number of rotatable bonds is 18. The molecule has 3 amide bonds. The number of hydrogen-bond acceptors (Lipinski definition) is 7. The van der Waals surface area contributed by atoms with Crippen molar-refractivity contribution in [3.05, 3.63) is 61.2 Å². The van der Waals surface area contributed by atoms with Gasteiger partial charge in [0.1, 0.15) is 17.7 Å². The first-order valence-corrected chi connectivity index (χ1v) is 18.2. The number of halogens is 1. The van der Waals surface area contributed by atoms with Crippen molar-refractivity contribution in [2.75, 3.05) is 19.7 Å². The minimum absolute atomic E-state index is 0.0471. The maximum atomic E-state index is 14.8. The Morgan fingerprint density at radius 2 is 1.92 bits per heavy atom. The smallest absolute Gasteiger partial charge is 0.313 e. The summed E-state index contributed by atoms with van der Waals surface area (Å²) in [5, 5.41) is 13.5. The van der Waals surface area contributed by atoms with Crippen LogP contribution in [0.3, 0.4) is 0 Å². The number of carbonyl (C=O) groups excluding carboxylic acids is 4. The standard InChI is InChI=1S/C37H52BrN3O7/c1-7-10-17-29(43)39-21-28(25-15-12-11-13-16-25)47-36(46)30-31-34(44)41(26(22-42)19-23(4)5)33(37(31)20-27(38)32(30)48-37)35(45)40(18-9-3)24(6)14-8-2/h7,9,11-13,15-16,23-24,26-28,30-33,42H,1,3,8,10,14,17-22H2,2,4-6H3,(H,39,43)/t24?,26-,27?,28-,30-,31+,32-,33-,37+/m1/s1. The largest absolute Gasteiger partial charge is 0.455 e. The molecule has 3 aliphatic rings. The molecule has 3 fully saturated rings. The van der Waals surface area contributed by atoms with Crippen molar-refractivity contribution in [2.45, 2.75) is 107 Å². The highest BCUT2D eigenvalue weighted by molar-refractivity contribution is 9.09. The Labute approximate surface area is 293 Å². The van der Waals surface area contributed by atoms with E-state index in [1.807, 2.05) is 51.1 Å². The van der Waals surface area contributed by atoms with E-state index in [-0.39, 0.29) is 60.6 Å². The summed E-state index contributed by atoms with van der Waals surface area (Å²) in [4.78, 5) is 59.2. The van der Waals surface area contributed by atoms with Crippen LogP contribution in [-0.2, 0) is 28.7 Å². The van der Waals surface area contributed by atoms with Crippen LogP contribution in [0, 0.1) is 17.8 Å². The van der Waals surface area contributed by atoms with Gasteiger partial charge in [-0.15, -0.1) is 13.2 Å². The van der Waals surface area contributed by atoms with E-state index in [0.29, 0.717) is 24.8 Å². The molecule has 0 saturated carbocycles. The summed E-state index contributed by atoms with van der Waals surface area (Å²) in [6.45, 7) is 15.6. The number of hydrogen-bond donors (Lipinski definition) is 2. The van der Waals surface area contributed by atoms with E-state index in [4.69, 9.17) is 9.47 Å². The first-order chi connectivity index (χ1) is 22.9. The zero-order valence-corrected chi connectivity index (χ0v) is 30.3. The molecule has 0 aromatic heterocycles. The second-order valence-corrected chi connectivity index (χ2v) is 14.9. The normalized spacial score (nSPS) is 27.7. The predicted octanol–water partition coefficient (Wildman–Crippen LogP) is 4.71. The summed E-state index contributed by atoms with van der Waals surface area (Å²) in [6.07, 6.45) is 5.04. The molecule has 3 saturated heterocycles. The van der Waals surface area contributed by atoms with Gasteiger partial charge in [0, 0.05) is 23.8 Å². The van der Waals surface area contributed by atoms with Gasteiger partial charge in [0.2, 0.25) is 17.7 Å². The van der Waals surface area contributed by atoms with E-state index < -0.39 is 47.7 Å². The van der Waals surface area contributed by atoms with Gasteiger partial charge in [-0.3, -0.25) is 19.2 Å². The Bertz CT molecular complexity index is 1330. The first kappa shape index (κ1) is 37.8. The Kier molecular flexibility index (Phi) is 13.1. The van der Waals surface area contributed by atoms with Gasteiger partial charge in [-0.05, 0) is 44.1 Å². The third-order valence-corrected chi connectivity index (χ3v) is 10.8. The van der Waals surface area contributed by atoms with E-state index in [9.17, 15) is 24.3 Å². The van der Waals surface area contributed by atoms with Crippen LogP contribution in [-0.4, -0.2) is 93.0 Å². The number of esters is 1. The molecule has 264 valence electrons. The predicted molar refractivity (Wildman–Crippen MR) is 187 cm³/mol. The molecule has 1 spiro atoms. The summed E-state index contributed by atoms with van der Waals surface area (Å²) < 4.78 is 12.9. The lowest BCUT2D eigenvalue weighted by molar-refractivity contribution is -0.161. The van der Waals surface area contributed by atoms with Gasteiger partial charge < -0.3 is 29.7 Å². The average molecular weight is 731 g/mol. The molecule has 2 bridgehead atoms. The first-order valence-electron chi connectivity index (χ1n) is 17.2. The number of likely N-dealkylation sites (tertiary alicyclic amines) is 1. The molecule has 48 heavy (non-hydrogen) atoms. The van der Waals surface area contributed by atoms with Gasteiger partial charge in [0.25, 0.3) is 0 Å². The number of aliphatic hydroxyl groups is 1. The van der Waals surface area contributed by atoms with Gasteiger partial charge >= 0.3 is 5.97 Å². The van der Waals surface area contributed by atoms with Crippen molar-refractivity contribution in [1.29, 1.82) is 0 Å². The summed E-state index contributed by atoms with van der Waals surface area (Å²) in [5.74, 6) is -3.33. The number of alkyl halides is 1. The number of allylic oxidation sites excluding steroid dienone is 1. The van der Waals surface area contributed by atoms with E-state index in [0.717, 1.165) is 12.8 Å². The quantitative estimate of drug-likeness (QED) is 0.127. The van der Waals surface area contributed by atoms with Crippen molar-refractivity contribution in [3.8, 4) is 0 Å². The fourth-order valence-corrected chi connectivity index (χ4v) is 8.77. The molecule has 3 heterocycles. The highest BCUT2D eigenvalue weighted by Crippen LogP contribution is 2.61. The molecule has 0 radical (unpaired) electrons. The lowest BCUT2D eigenvalue weighted by Gasteiger charge is -2.41. The molecule has 10 nitrogen and oxygen atoms in total. The van der Waals surface area contributed by atoms with Crippen molar-refractivity contribution in [1.82, 2.24) is 15.1 Å². The minimum Gasteiger partial charge on any atom is -0.455 e. The van der Waals surface area contributed by atoms with Gasteiger partial charge in [-0.1, -0.05) is 85.6 Å². The van der Waals surface area contributed by atoms with Crippen LogP contribution < -0.4 is 5.32 Å². The van der Waals surface area contributed by atoms with Gasteiger partial charge in [-0.2, -0.15) is 0 Å². The minimum atomic E-state index is -1.30. The number of benzene rings is 1. The maximum absolute atomic E-state index is 14.8. The Morgan fingerprint density at radius 3 is 2.52 bits per heavy atom. The number of amides is 3. The van der Waals surface area contributed by atoms with Crippen molar-refractivity contribution in [2.24, 2.45) is 17.8 Å². The molecule has 1 aromatic carbocycles. The van der Waals surface area contributed by atoms with Gasteiger partial charge in [0.15, 0.2) is 0 Å².